The number of hydrogen-bond acceptors (Lipinski definition) is 3. The molecule has 1 aliphatic rings. The lowest BCUT2D eigenvalue weighted by Crippen LogP contribution is -2.49. The average molecular weight is 474 g/mol. The van der Waals surface area contributed by atoms with Gasteiger partial charge in [0.25, 0.3) is 0 Å². The summed E-state index contributed by atoms with van der Waals surface area (Å²) < 4.78 is 0. The Morgan fingerprint density at radius 2 is 1.31 bits per heavy atom. The van der Waals surface area contributed by atoms with Crippen LogP contribution in [0.25, 0.3) is 0 Å². The van der Waals surface area contributed by atoms with Crippen molar-refractivity contribution >= 4 is 24.2 Å². The van der Waals surface area contributed by atoms with E-state index in [-0.39, 0.29) is 24.2 Å². The molecule has 0 unspecified atom stereocenters. The second kappa shape index (κ2) is 22.0. The molecule has 0 aromatic rings. The van der Waals surface area contributed by atoms with E-state index in [0.717, 1.165) is 38.8 Å². The SMILES string of the molecule is CCCCCCCCCCCCCCCCCC(=O)NN(CCC)CN1CCCC1=O.Cl. The van der Waals surface area contributed by atoms with Crippen LogP contribution in [0.4, 0.5) is 0 Å². The summed E-state index contributed by atoms with van der Waals surface area (Å²) in [5.41, 5.74) is 3.02. The van der Waals surface area contributed by atoms with Crippen molar-refractivity contribution < 1.29 is 9.59 Å². The van der Waals surface area contributed by atoms with E-state index in [4.69, 9.17) is 0 Å². The molecule has 0 bridgehead atoms. The first-order chi connectivity index (χ1) is 15.2. The maximum Gasteiger partial charge on any atom is 0.234 e. The predicted octanol–water partition coefficient (Wildman–Crippen LogP) is 6.99. The minimum Gasteiger partial charge on any atom is -0.328 e. The van der Waals surface area contributed by atoms with E-state index in [1.54, 1.807) is 0 Å². The zero-order chi connectivity index (χ0) is 22.6. The summed E-state index contributed by atoms with van der Waals surface area (Å²) in [4.78, 5) is 25.9. The van der Waals surface area contributed by atoms with E-state index >= 15 is 0 Å². The summed E-state index contributed by atoms with van der Waals surface area (Å²) in [7, 11) is 0. The van der Waals surface area contributed by atoms with Gasteiger partial charge in [0.15, 0.2) is 0 Å². The molecule has 2 amide bonds. The minimum absolute atomic E-state index is 0. The molecule has 0 atom stereocenters. The lowest BCUT2D eigenvalue weighted by molar-refractivity contribution is -0.134. The van der Waals surface area contributed by atoms with Crippen LogP contribution in [0.3, 0.4) is 0 Å². The lowest BCUT2D eigenvalue weighted by Gasteiger charge is -2.27. The van der Waals surface area contributed by atoms with Gasteiger partial charge >= 0.3 is 0 Å². The molecule has 1 fully saturated rings. The van der Waals surface area contributed by atoms with Crippen molar-refractivity contribution in [3.05, 3.63) is 0 Å². The normalized spacial score (nSPS) is 13.6. The monoisotopic (exact) mass is 473 g/mol. The number of unbranched alkanes of at least 4 members (excludes halogenated alkanes) is 14. The van der Waals surface area contributed by atoms with Crippen LogP contribution in [-0.4, -0.2) is 41.5 Å². The molecule has 32 heavy (non-hydrogen) atoms. The summed E-state index contributed by atoms with van der Waals surface area (Å²) in [6.07, 6.45) is 23.2. The maximum atomic E-state index is 12.3. The molecule has 1 rings (SSSR count). The number of hydrazine groups is 1. The fourth-order valence-corrected chi connectivity index (χ4v) is 4.38. The molecule has 190 valence electrons. The summed E-state index contributed by atoms with van der Waals surface area (Å²) in [6.45, 7) is 6.50. The number of rotatable bonds is 21. The molecule has 1 aliphatic heterocycles. The number of likely N-dealkylation sites (tertiary alicyclic amines) is 1. The molecule has 1 heterocycles. The first-order valence-electron chi connectivity index (χ1n) is 13.5. The number of halogens is 1. The zero-order valence-corrected chi connectivity index (χ0v) is 22.0. The minimum atomic E-state index is 0. The number of amides is 2. The Balaban J connectivity index is 0.00000961. The fourth-order valence-electron chi connectivity index (χ4n) is 4.38. The smallest absolute Gasteiger partial charge is 0.234 e. The standard InChI is InChI=1S/C26H51N3O2.ClH/c1-3-5-6-7-8-9-10-11-12-13-14-15-16-17-18-20-25(30)27-29(22-4-2)24-28-23-19-21-26(28)31;/h3-24H2,1-2H3,(H,27,30);1H. The van der Waals surface area contributed by atoms with Gasteiger partial charge in [-0.25, -0.2) is 5.01 Å². The fraction of sp³-hybridized carbons (Fsp3) is 0.923. The topological polar surface area (TPSA) is 52.7 Å². The lowest BCUT2D eigenvalue weighted by atomic mass is 10.0. The molecule has 5 nitrogen and oxygen atoms in total. The van der Waals surface area contributed by atoms with Crippen LogP contribution in [0.5, 0.6) is 0 Å². The maximum absolute atomic E-state index is 12.3. The molecular weight excluding hydrogens is 422 g/mol. The van der Waals surface area contributed by atoms with Gasteiger partial charge in [-0.3, -0.25) is 15.0 Å². The van der Waals surface area contributed by atoms with Crippen LogP contribution in [0, 0.1) is 0 Å². The first kappa shape index (κ1) is 31.2. The summed E-state index contributed by atoms with van der Waals surface area (Å²) in [5, 5.41) is 1.91. The van der Waals surface area contributed by atoms with E-state index < -0.39 is 0 Å². The molecule has 0 aliphatic carbocycles. The van der Waals surface area contributed by atoms with Crippen LogP contribution in [-0.2, 0) is 9.59 Å². The van der Waals surface area contributed by atoms with Crippen molar-refractivity contribution in [2.75, 3.05) is 19.8 Å². The summed E-state index contributed by atoms with van der Waals surface area (Å²) in [6, 6.07) is 0. The van der Waals surface area contributed by atoms with Gasteiger partial charge in [-0.05, 0) is 19.3 Å². The Labute approximate surface area is 204 Å². The van der Waals surface area contributed by atoms with Gasteiger partial charge in [0.2, 0.25) is 11.8 Å². The highest BCUT2D eigenvalue weighted by molar-refractivity contribution is 5.85. The van der Waals surface area contributed by atoms with Crippen molar-refractivity contribution in [2.45, 2.75) is 136 Å². The van der Waals surface area contributed by atoms with Gasteiger partial charge in [0.1, 0.15) is 0 Å². The number of hydrogen-bond donors (Lipinski definition) is 1. The van der Waals surface area contributed by atoms with Crippen molar-refractivity contribution in [2.24, 2.45) is 0 Å². The third kappa shape index (κ3) is 16.8. The van der Waals surface area contributed by atoms with Crippen molar-refractivity contribution in [1.82, 2.24) is 15.3 Å². The average Bonchev–Trinajstić information content (AvgIpc) is 3.15. The molecule has 1 saturated heterocycles. The van der Waals surface area contributed by atoms with Crippen LogP contribution in [0.2, 0.25) is 0 Å². The van der Waals surface area contributed by atoms with Gasteiger partial charge in [0.05, 0.1) is 6.67 Å². The van der Waals surface area contributed by atoms with E-state index in [1.807, 2.05) is 9.91 Å². The molecule has 0 aromatic carbocycles. The van der Waals surface area contributed by atoms with E-state index in [2.05, 4.69) is 19.3 Å². The van der Waals surface area contributed by atoms with Gasteiger partial charge in [-0.2, -0.15) is 0 Å². The molecule has 1 N–H and O–H groups in total. The molecule has 0 radical (unpaired) electrons. The molecule has 6 heteroatoms. The zero-order valence-electron chi connectivity index (χ0n) is 21.2. The molecule has 0 saturated carbocycles. The van der Waals surface area contributed by atoms with Crippen molar-refractivity contribution in [1.29, 1.82) is 0 Å². The second-order valence-electron chi connectivity index (χ2n) is 9.40. The van der Waals surface area contributed by atoms with Gasteiger partial charge in [-0.15, -0.1) is 12.4 Å². The summed E-state index contributed by atoms with van der Waals surface area (Å²) in [5.74, 6) is 0.299. The number of nitrogens with one attached hydrogen (secondary N) is 1. The Hall–Kier alpha value is -0.810. The number of carbonyl (C=O) groups excluding carboxylic acids is 2. The van der Waals surface area contributed by atoms with E-state index in [0.29, 0.717) is 19.5 Å². The molecular formula is C26H52ClN3O2. The van der Waals surface area contributed by atoms with E-state index in [9.17, 15) is 9.59 Å². The van der Waals surface area contributed by atoms with Gasteiger partial charge < -0.3 is 4.90 Å². The van der Waals surface area contributed by atoms with E-state index in [1.165, 1.54) is 83.5 Å². The largest absolute Gasteiger partial charge is 0.328 e. The number of nitrogens with zero attached hydrogens (tertiary/aromatic N) is 2. The van der Waals surface area contributed by atoms with Crippen molar-refractivity contribution in [3.8, 4) is 0 Å². The Bertz CT molecular complexity index is 462. The van der Waals surface area contributed by atoms with Crippen LogP contribution in [0.1, 0.15) is 136 Å². The van der Waals surface area contributed by atoms with Crippen LogP contribution >= 0.6 is 12.4 Å². The van der Waals surface area contributed by atoms with Gasteiger partial charge in [-0.1, -0.05) is 104 Å². The molecule has 0 aromatic heterocycles. The van der Waals surface area contributed by atoms with Crippen molar-refractivity contribution in [3.63, 3.8) is 0 Å². The third-order valence-corrected chi connectivity index (χ3v) is 6.30. The highest BCUT2D eigenvalue weighted by Gasteiger charge is 2.22. The van der Waals surface area contributed by atoms with Crippen LogP contribution < -0.4 is 5.43 Å². The van der Waals surface area contributed by atoms with Crippen LogP contribution in [0.15, 0.2) is 0 Å². The highest BCUT2D eigenvalue weighted by Crippen LogP contribution is 2.14. The molecule has 0 spiro atoms. The highest BCUT2D eigenvalue weighted by atomic mass is 35.5. The summed E-state index contributed by atoms with van der Waals surface area (Å²) >= 11 is 0. The Kier molecular flexibility index (Phi) is 21.4. The third-order valence-electron chi connectivity index (χ3n) is 6.30. The predicted molar refractivity (Wildman–Crippen MR) is 138 cm³/mol. The quantitative estimate of drug-likeness (QED) is 0.144. The second-order valence-corrected chi connectivity index (χ2v) is 9.40. The Morgan fingerprint density at radius 1 is 0.812 bits per heavy atom. The Morgan fingerprint density at radius 3 is 1.75 bits per heavy atom. The van der Waals surface area contributed by atoms with Gasteiger partial charge in [0, 0.05) is 25.9 Å². The first-order valence-corrected chi connectivity index (χ1v) is 13.5. The number of carbonyl (C=O) groups is 2.